The number of aromatic nitrogens is 1. The molecule has 0 saturated carbocycles. The zero-order chi connectivity index (χ0) is 14.2. The highest BCUT2D eigenvalue weighted by atomic mass is 14.6. The number of aryl methyl sites for hydroxylation is 2. The molecule has 1 heterocycles. The molecule has 1 aromatic rings. The number of pyridine rings is 1. The van der Waals surface area contributed by atoms with Crippen LogP contribution in [-0.2, 0) is 0 Å². The molecule has 0 radical (unpaired) electrons. The standard InChI is InChI=1S/C8H18.C7H9N.C2H6/c1-3-5-7-8-6-4-2;1-6-3-4-8-7(2)5-6;1-2/h3-8H2,1-2H3;3-5H,1-2H3;1-2H3. The lowest BCUT2D eigenvalue weighted by molar-refractivity contribution is 0.624. The lowest BCUT2D eigenvalue weighted by atomic mass is 10.1. The average Bonchev–Trinajstić information content (AvgIpc) is 2.38. The summed E-state index contributed by atoms with van der Waals surface area (Å²) in [5.74, 6) is 0. The van der Waals surface area contributed by atoms with Crippen molar-refractivity contribution < 1.29 is 0 Å². The van der Waals surface area contributed by atoms with E-state index in [4.69, 9.17) is 0 Å². The van der Waals surface area contributed by atoms with Gasteiger partial charge in [-0.25, -0.2) is 0 Å². The first-order chi connectivity index (χ1) is 8.70. The monoisotopic (exact) mass is 251 g/mol. The Morgan fingerprint density at radius 1 is 0.889 bits per heavy atom. The Hall–Kier alpha value is -0.850. The molecule has 106 valence electrons. The van der Waals surface area contributed by atoms with Crippen LogP contribution >= 0.6 is 0 Å². The summed E-state index contributed by atoms with van der Waals surface area (Å²) in [5, 5.41) is 0. The van der Waals surface area contributed by atoms with Crippen molar-refractivity contribution in [3.8, 4) is 0 Å². The van der Waals surface area contributed by atoms with E-state index in [1.807, 2.05) is 33.0 Å². The van der Waals surface area contributed by atoms with Gasteiger partial charge in [0.1, 0.15) is 0 Å². The van der Waals surface area contributed by atoms with E-state index < -0.39 is 0 Å². The van der Waals surface area contributed by atoms with Crippen molar-refractivity contribution in [1.29, 1.82) is 0 Å². The zero-order valence-corrected chi connectivity index (χ0v) is 13.4. The number of hydrogen-bond acceptors (Lipinski definition) is 1. The van der Waals surface area contributed by atoms with E-state index in [2.05, 4.69) is 31.8 Å². The predicted octanol–water partition coefficient (Wildman–Crippen LogP) is 6.09. The molecule has 0 aliphatic rings. The molecular formula is C17H33N. The largest absolute Gasteiger partial charge is 0.262 e. The fraction of sp³-hybridized carbons (Fsp3) is 0.706. The summed E-state index contributed by atoms with van der Waals surface area (Å²) < 4.78 is 0. The SMILES string of the molecule is CC.CCCCCCCC.Cc1ccnc(C)c1. The number of unbranched alkanes of at least 4 members (excludes halogenated alkanes) is 5. The predicted molar refractivity (Wildman–Crippen MR) is 84.1 cm³/mol. The van der Waals surface area contributed by atoms with E-state index in [-0.39, 0.29) is 0 Å². The summed E-state index contributed by atoms with van der Waals surface area (Å²) in [6.45, 7) is 12.6. The van der Waals surface area contributed by atoms with Gasteiger partial charge in [0, 0.05) is 11.9 Å². The fourth-order valence-corrected chi connectivity index (χ4v) is 1.54. The van der Waals surface area contributed by atoms with Gasteiger partial charge in [0.2, 0.25) is 0 Å². The summed E-state index contributed by atoms with van der Waals surface area (Å²) >= 11 is 0. The highest BCUT2D eigenvalue weighted by Gasteiger charge is 1.83. The second kappa shape index (κ2) is 16.1. The summed E-state index contributed by atoms with van der Waals surface area (Å²) in [5.41, 5.74) is 2.36. The van der Waals surface area contributed by atoms with Gasteiger partial charge < -0.3 is 0 Å². The minimum Gasteiger partial charge on any atom is -0.262 e. The van der Waals surface area contributed by atoms with Crippen molar-refractivity contribution in [1.82, 2.24) is 4.98 Å². The lowest BCUT2D eigenvalue weighted by Gasteiger charge is -1.93. The van der Waals surface area contributed by atoms with Crippen LogP contribution in [0.4, 0.5) is 0 Å². The molecule has 0 saturated heterocycles. The van der Waals surface area contributed by atoms with Crippen LogP contribution in [0.15, 0.2) is 18.3 Å². The molecule has 0 unspecified atom stereocenters. The Morgan fingerprint density at radius 2 is 1.39 bits per heavy atom. The maximum Gasteiger partial charge on any atom is 0.0375 e. The van der Waals surface area contributed by atoms with Crippen LogP contribution in [0, 0.1) is 13.8 Å². The Balaban J connectivity index is 0. The first-order valence-electron chi connectivity index (χ1n) is 7.60. The van der Waals surface area contributed by atoms with E-state index in [1.54, 1.807) is 0 Å². The molecule has 0 amide bonds. The van der Waals surface area contributed by atoms with Gasteiger partial charge in [-0.1, -0.05) is 66.2 Å². The van der Waals surface area contributed by atoms with Gasteiger partial charge in [-0.05, 0) is 31.5 Å². The molecule has 0 aliphatic heterocycles. The molecule has 0 aliphatic carbocycles. The molecule has 18 heavy (non-hydrogen) atoms. The molecule has 0 atom stereocenters. The van der Waals surface area contributed by atoms with E-state index in [9.17, 15) is 0 Å². The normalized spacial score (nSPS) is 8.78. The topological polar surface area (TPSA) is 12.9 Å². The third-order valence-electron chi connectivity index (χ3n) is 2.51. The zero-order valence-electron chi connectivity index (χ0n) is 13.4. The minimum absolute atomic E-state index is 1.09. The summed E-state index contributed by atoms with van der Waals surface area (Å²) in [6.07, 6.45) is 10.3. The van der Waals surface area contributed by atoms with Crippen LogP contribution in [0.2, 0.25) is 0 Å². The van der Waals surface area contributed by atoms with Crippen LogP contribution in [0.25, 0.3) is 0 Å². The summed E-state index contributed by atoms with van der Waals surface area (Å²) in [6, 6.07) is 4.05. The van der Waals surface area contributed by atoms with Crippen molar-refractivity contribution in [2.24, 2.45) is 0 Å². The Labute approximate surface area is 115 Å². The molecule has 0 bridgehead atoms. The lowest BCUT2D eigenvalue weighted by Crippen LogP contribution is -1.78. The van der Waals surface area contributed by atoms with Crippen molar-refractivity contribution >= 4 is 0 Å². The van der Waals surface area contributed by atoms with E-state index in [0.717, 1.165) is 5.69 Å². The first-order valence-corrected chi connectivity index (χ1v) is 7.60. The highest BCUT2D eigenvalue weighted by Crippen LogP contribution is 2.03. The first kappa shape index (κ1) is 19.5. The number of rotatable bonds is 5. The van der Waals surface area contributed by atoms with E-state index in [0.29, 0.717) is 0 Å². The molecule has 0 spiro atoms. The minimum atomic E-state index is 1.09. The number of nitrogens with zero attached hydrogens (tertiary/aromatic N) is 1. The number of hydrogen-bond donors (Lipinski definition) is 0. The second-order valence-corrected chi connectivity index (χ2v) is 4.39. The third-order valence-corrected chi connectivity index (χ3v) is 2.51. The smallest absolute Gasteiger partial charge is 0.0375 e. The molecular weight excluding hydrogens is 218 g/mol. The molecule has 1 heteroatoms. The Kier molecular flexibility index (Phi) is 17.5. The van der Waals surface area contributed by atoms with E-state index in [1.165, 1.54) is 44.1 Å². The van der Waals surface area contributed by atoms with Crippen molar-refractivity contribution in [2.45, 2.75) is 80.1 Å². The molecule has 1 aromatic heterocycles. The van der Waals surface area contributed by atoms with Gasteiger partial charge in [-0.15, -0.1) is 0 Å². The van der Waals surface area contributed by atoms with Gasteiger partial charge in [-0.2, -0.15) is 0 Å². The molecule has 1 nitrogen and oxygen atoms in total. The van der Waals surface area contributed by atoms with Crippen LogP contribution in [-0.4, -0.2) is 4.98 Å². The van der Waals surface area contributed by atoms with Gasteiger partial charge in [-0.3, -0.25) is 4.98 Å². The van der Waals surface area contributed by atoms with Crippen molar-refractivity contribution in [3.05, 3.63) is 29.6 Å². The third kappa shape index (κ3) is 15.1. The van der Waals surface area contributed by atoms with E-state index >= 15 is 0 Å². The Bertz CT molecular complexity index is 232. The van der Waals surface area contributed by atoms with Crippen molar-refractivity contribution in [2.75, 3.05) is 0 Å². The Morgan fingerprint density at radius 3 is 1.67 bits per heavy atom. The maximum atomic E-state index is 4.04. The van der Waals surface area contributed by atoms with Gasteiger partial charge >= 0.3 is 0 Å². The fourth-order valence-electron chi connectivity index (χ4n) is 1.54. The molecule has 0 aromatic carbocycles. The van der Waals surface area contributed by atoms with Crippen molar-refractivity contribution in [3.63, 3.8) is 0 Å². The average molecular weight is 251 g/mol. The van der Waals surface area contributed by atoms with Gasteiger partial charge in [0.05, 0.1) is 0 Å². The second-order valence-electron chi connectivity index (χ2n) is 4.39. The van der Waals surface area contributed by atoms with Gasteiger partial charge in [0.15, 0.2) is 0 Å². The van der Waals surface area contributed by atoms with Crippen LogP contribution in [0.5, 0.6) is 0 Å². The highest BCUT2D eigenvalue weighted by molar-refractivity contribution is 5.12. The van der Waals surface area contributed by atoms with Crippen LogP contribution in [0.1, 0.15) is 77.5 Å². The molecule has 1 rings (SSSR count). The van der Waals surface area contributed by atoms with Crippen LogP contribution < -0.4 is 0 Å². The van der Waals surface area contributed by atoms with Crippen LogP contribution in [0.3, 0.4) is 0 Å². The van der Waals surface area contributed by atoms with Gasteiger partial charge in [0.25, 0.3) is 0 Å². The summed E-state index contributed by atoms with van der Waals surface area (Å²) in [4.78, 5) is 4.04. The summed E-state index contributed by atoms with van der Waals surface area (Å²) in [7, 11) is 0. The molecule has 0 fully saturated rings. The quantitative estimate of drug-likeness (QED) is 0.577. The molecule has 0 N–H and O–H groups in total. The maximum absolute atomic E-state index is 4.04.